The van der Waals surface area contributed by atoms with Crippen LogP contribution in [0.5, 0.6) is 0 Å². The topological polar surface area (TPSA) is 64.6 Å². The van der Waals surface area contributed by atoms with Gasteiger partial charge in [-0.3, -0.25) is 10.1 Å². The summed E-state index contributed by atoms with van der Waals surface area (Å²) < 4.78 is 9.01. The second kappa shape index (κ2) is 11.1. The Labute approximate surface area is 131 Å². The van der Waals surface area contributed by atoms with Crippen LogP contribution in [0.15, 0.2) is 6.07 Å². The molecule has 5 nitrogen and oxygen atoms in total. The third-order valence-electron chi connectivity index (χ3n) is 1.89. The smallest absolute Gasteiger partial charge is 0.412 e. The van der Waals surface area contributed by atoms with Gasteiger partial charge < -0.3 is 9.47 Å². The molecule has 0 fully saturated rings. The van der Waals surface area contributed by atoms with Gasteiger partial charge in [-0.1, -0.05) is 13.8 Å². The van der Waals surface area contributed by atoms with Gasteiger partial charge in [0.2, 0.25) is 0 Å². The molecule has 0 aliphatic carbocycles. The fraction of sp³-hybridized carbons (Fsp3) is 0.600. The van der Waals surface area contributed by atoms with Gasteiger partial charge in [0.1, 0.15) is 5.60 Å². The highest BCUT2D eigenvalue weighted by Gasteiger charge is 2.16. The zero-order valence-electron chi connectivity index (χ0n) is 14.2. The molecule has 6 heteroatoms. The third-order valence-corrected chi connectivity index (χ3v) is 2.95. The molecule has 0 spiro atoms. The number of nitrogens with one attached hydrogen (secondary N) is 1. The first kappa shape index (κ1) is 21.7. The summed E-state index contributed by atoms with van der Waals surface area (Å²) in [4.78, 5) is 21.6. The van der Waals surface area contributed by atoms with E-state index >= 15 is 0 Å². The summed E-state index contributed by atoms with van der Waals surface area (Å²) in [5, 5.41) is 3.55. The van der Waals surface area contributed by atoms with Gasteiger partial charge in [-0.25, -0.2) is 4.79 Å². The van der Waals surface area contributed by atoms with Crippen LogP contribution in [0.1, 0.15) is 45.1 Å². The summed E-state index contributed by atoms with van der Waals surface area (Å²) in [7, 11) is 1.31. The lowest BCUT2D eigenvalue weighted by Gasteiger charge is -2.19. The molecule has 0 saturated carbocycles. The van der Waals surface area contributed by atoms with Crippen molar-refractivity contribution in [3.05, 3.63) is 16.5 Å². The fourth-order valence-electron chi connectivity index (χ4n) is 1.04. The van der Waals surface area contributed by atoms with Crippen molar-refractivity contribution in [2.45, 2.75) is 54.1 Å². The zero-order valence-corrected chi connectivity index (χ0v) is 15.0. The predicted octanol–water partition coefficient (Wildman–Crippen LogP) is 4.53. The number of anilines is 1. The Bertz CT molecular complexity index is 402. The van der Waals surface area contributed by atoms with Crippen LogP contribution in [0.2, 0.25) is 0 Å². The first-order valence-corrected chi connectivity index (χ1v) is 7.54. The third kappa shape index (κ3) is 11.9. The Morgan fingerprint density at radius 1 is 1.29 bits per heavy atom. The Morgan fingerprint density at radius 2 is 1.76 bits per heavy atom. The number of carbonyl (C=O) groups excluding carboxylic acids is 2. The van der Waals surface area contributed by atoms with Crippen LogP contribution in [-0.2, 0) is 14.3 Å². The molecule has 0 atom stereocenters. The van der Waals surface area contributed by atoms with E-state index in [9.17, 15) is 4.79 Å². The maximum absolute atomic E-state index is 11.4. The first-order chi connectivity index (χ1) is 9.69. The van der Waals surface area contributed by atoms with E-state index in [4.69, 9.17) is 9.53 Å². The number of aryl methyl sites for hydroxylation is 2. The number of methoxy groups -OCH3 is 1. The van der Waals surface area contributed by atoms with E-state index in [1.807, 2.05) is 54.5 Å². The number of amides is 1. The van der Waals surface area contributed by atoms with Crippen molar-refractivity contribution in [2.75, 3.05) is 12.4 Å². The van der Waals surface area contributed by atoms with E-state index < -0.39 is 11.7 Å². The summed E-state index contributed by atoms with van der Waals surface area (Å²) in [6, 6.07) is 1.95. The van der Waals surface area contributed by atoms with Crippen LogP contribution < -0.4 is 5.32 Å². The van der Waals surface area contributed by atoms with Crippen molar-refractivity contribution in [3.63, 3.8) is 0 Å². The summed E-state index contributed by atoms with van der Waals surface area (Å²) in [6.07, 6.45) is -0.399. The van der Waals surface area contributed by atoms with Crippen LogP contribution in [0.4, 0.5) is 9.80 Å². The molecule has 1 aromatic heterocycles. The van der Waals surface area contributed by atoms with Crippen molar-refractivity contribution in [1.29, 1.82) is 0 Å². The second-order valence-corrected chi connectivity index (χ2v) is 6.06. The Kier molecular flexibility index (Phi) is 11.5. The van der Waals surface area contributed by atoms with Gasteiger partial charge in [0, 0.05) is 4.88 Å². The molecule has 0 aliphatic heterocycles. The van der Waals surface area contributed by atoms with E-state index in [1.165, 1.54) is 17.6 Å². The van der Waals surface area contributed by atoms with Gasteiger partial charge in [0.05, 0.1) is 12.1 Å². The number of carbonyl (C=O) groups is 2. The molecule has 1 rings (SSSR count). The minimum absolute atomic E-state index is 0.375. The average molecular weight is 317 g/mol. The molecule has 0 unspecified atom stereocenters. The molecule has 21 heavy (non-hydrogen) atoms. The highest BCUT2D eigenvalue weighted by molar-refractivity contribution is 7.16. The number of ether oxygens (including phenoxy) is 2. The van der Waals surface area contributed by atoms with Gasteiger partial charge in [0.15, 0.2) is 0 Å². The fourth-order valence-corrected chi connectivity index (χ4v) is 1.96. The van der Waals surface area contributed by atoms with E-state index in [2.05, 4.69) is 10.1 Å². The molecule has 0 radical (unpaired) electrons. The van der Waals surface area contributed by atoms with E-state index in [1.54, 1.807) is 11.3 Å². The number of rotatable bonds is 2. The van der Waals surface area contributed by atoms with E-state index in [0.717, 1.165) is 5.00 Å². The number of hydrogen-bond donors (Lipinski definition) is 1. The van der Waals surface area contributed by atoms with Crippen LogP contribution in [0.25, 0.3) is 0 Å². The largest absolute Gasteiger partial charge is 0.471 e. The monoisotopic (exact) mass is 317 g/mol. The Hall–Kier alpha value is -1.56. The minimum Gasteiger partial charge on any atom is -0.471 e. The molecular formula is C15H27NO4S. The lowest BCUT2D eigenvalue weighted by molar-refractivity contribution is -0.126. The van der Waals surface area contributed by atoms with Crippen molar-refractivity contribution >= 4 is 28.9 Å². The molecule has 0 bridgehead atoms. The lowest BCUT2D eigenvalue weighted by atomic mass is 10.2. The highest BCUT2D eigenvalue weighted by Crippen LogP contribution is 2.25. The zero-order chi connectivity index (χ0) is 17.1. The second-order valence-electron chi connectivity index (χ2n) is 4.81. The van der Waals surface area contributed by atoms with Gasteiger partial charge in [-0.2, -0.15) is 0 Å². The van der Waals surface area contributed by atoms with Crippen LogP contribution >= 0.6 is 11.3 Å². The average Bonchev–Trinajstić information content (AvgIpc) is 2.68. The van der Waals surface area contributed by atoms with Gasteiger partial charge in [-0.15, -0.1) is 11.3 Å². The minimum atomic E-state index is -0.453. The molecule has 0 saturated heterocycles. The Morgan fingerprint density at radius 3 is 2.05 bits per heavy atom. The van der Waals surface area contributed by atoms with Crippen molar-refractivity contribution in [3.8, 4) is 0 Å². The lowest BCUT2D eigenvalue weighted by Crippen LogP contribution is -2.26. The van der Waals surface area contributed by atoms with Crippen LogP contribution in [0.3, 0.4) is 0 Å². The molecule has 122 valence electrons. The highest BCUT2D eigenvalue weighted by atomic mass is 32.1. The quantitative estimate of drug-likeness (QED) is 0.814. The molecular weight excluding hydrogens is 290 g/mol. The standard InChI is InChI=1S/C11H17NO2S.C2H4O2.C2H6/c1-7-6-9(15-8(7)2)12-10(13)14-11(3,4)5;1-4-2-3;1-2/h6H,1-5H3,(H,12,13);2H,1H3;1-2H3. The van der Waals surface area contributed by atoms with Crippen LogP contribution in [0, 0.1) is 13.8 Å². The normalized spacial score (nSPS) is 9.33. The molecule has 1 heterocycles. The van der Waals surface area contributed by atoms with Gasteiger partial charge >= 0.3 is 6.09 Å². The van der Waals surface area contributed by atoms with Crippen molar-refractivity contribution in [2.24, 2.45) is 0 Å². The molecule has 1 N–H and O–H groups in total. The van der Waals surface area contributed by atoms with Crippen molar-refractivity contribution < 1.29 is 19.1 Å². The number of hydrogen-bond acceptors (Lipinski definition) is 5. The van der Waals surface area contributed by atoms with E-state index in [0.29, 0.717) is 6.47 Å². The molecule has 0 aliphatic rings. The molecule has 1 aromatic rings. The maximum atomic E-state index is 11.4. The Balaban J connectivity index is 0. The maximum Gasteiger partial charge on any atom is 0.412 e. The summed E-state index contributed by atoms with van der Waals surface area (Å²) >= 11 is 1.56. The first-order valence-electron chi connectivity index (χ1n) is 6.73. The SMILES string of the molecule is CC.COC=O.Cc1cc(NC(=O)OC(C)(C)C)sc1C. The molecule has 1 amide bonds. The summed E-state index contributed by atoms with van der Waals surface area (Å²) in [5.74, 6) is 0. The number of thiophene rings is 1. The van der Waals surface area contributed by atoms with Crippen molar-refractivity contribution in [1.82, 2.24) is 0 Å². The molecule has 0 aromatic carbocycles. The van der Waals surface area contributed by atoms with Gasteiger partial charge in [0.25, 0.3) is 6.47 Å². The van der Waals surface area contributed by atoms with Gasteiger partial charge in [-0.05, 0) is 46.2 Å². The predicted molar refractivity (Wildman–Crippen MR) is 88.1 cm³/mol. The van der Waals surface area contributed by atoms with Crippen LogP contribution in [-0.4, -0.2) is 25.3 Å². The summed E-state index contributed by atoms with van der Waals surface area (Å²) in [6.45, 7) is 14.0. The van der Waals surface area contributed by atoms with E-state index in [-0.39, 0.29) is 0 Å². The summed E-state index contributed by atoms with van der Waals surface area (Å²) in [5.41, 5.74) is 0.733.